The Morgan fingerprint density at radius 2 is 2.10 bits per heavy atom. The monoisotopic (exact) mass is 408 g/mol. The lowest BCUT2D eigenvalue weighted by atomic mass is 10.1. The van der Waals surface area contributed by atoms with E-state index in [0.717, 1.165) is 23.6 Å². The zero-order chi connectivity index (χ0) is 20.9. The van der Waals surface area contributed by atoms with Crippen molar-refractivity contribution in [3.8, 4) is 0 Å². The van der Waals surface area contributed by atoms with Crippen molar-refractivity contribution in [3.63, 3.8) is 0 Å². The quantitative estimate of drug-likeness (QED) is 0.516. The molecule has 9 heteroatoms. The minimum atomic E-state index is -0.320. The SMILES string of the molecule is Cn1ncnc1CCNC(=O)Cn1nc(CC2CC2)nc1C(N)Cc1ccccc1. The summed E-state index contributed by atoms with van der Waals surface area (Å²) in [4.78, 5) is 21.4. The predicted octanol–water partition coefficient (Wildman–Crippen LogP) is 0.961. The summed E-state index contributed by atoms with van der Waals surface area (Å²) in [6, 6.07) is 9.75. The van der Waals surface area contributed by atoms with Crippen LogP contribution in [-0.2, 0) is 37.6 Å². The molecule has 1 atom stereocenters. The molecule has 4 rings (SSSR count). The first-order chi connectivity index (χ1) is 14.6. The normalized spacial score (nSPS) is 14.6. The van der Waals surface area contributed by atoms with Crippen molar-refractivity contribution in [1.29, 1.82) is 0 Å². The first-order valence-corrected chi connectivity index (χ1v) is 10.4. The van der Waals surface area contributed by atoms with Gasteiger partial charge < -0.3 is 11.1 Å². The van der Waals surface area contributed by atoms with Gasteiger partial charge in [0.1, 0.15) is 24.5 Å². The van der Waals surface area contributed by atoms with E-state index in [4.69, 9.17) is 10.7 Å². The summed E-state index contributed by atoms with van der Waals surface area (Å²) in [5.41, 5.74) is 7.61. The third-order valence-electron chi connectivity index (χ3n) is 5.31. The van der Waals surface area contributed by atoms with Crippen LogP contribution in [-0.4, -0.2) is 42.0 Å². The Bertz CT molecular complexity index is 976. The van der Waals surface area contributed by atoms with Crippen LogP contribution in [0.3, 0.4) is 0 Å². The molecule has 1 aliphatic rings. The second-order valence-corrected chi connectivity index (χ2v) is 7.89. The molecule has 9 nitrogen and oxygen atoms in total. The van der Waals surface area contributed by atoms with Gasteiger partial charge >= 0.3 is 0 Å². The number of rotatable bonds is 10. The van der Waals surface area contributed by atoms with E-state index >= 15 is 0 Å². The Balaban J connectivity index is 1.40. The molecule has 0 aliphatic heterocycles. The summed E-state index contributed by atoms with van der Waals surface area (Å²) in [6.07, 6.45) is 6.08. The minimum absolute atomic E-state index is 0.105. The standard InChI is InChI=1S/C21H28N8O/c1-28-19(24-14-25-28)9-10-23-20(30)13-29-21(26-18(27-29)12-16-7-8-16)17(22)11-15-5-3-2-4-6-15/h2-6,14,16-17H,7-13,22H2,1H3,(H,23,30). The molecule has 0 bridgehead atoms. The van der Waals surface area contributed by atoms with E-state index in [1.54, 1.807) is 9.36 Å². The van der Waals surface area contributed by atoms with Gasteiger partial charge in [0.2, 0.25) is 5.91 Å². The summed E-state index contributed by atoms with van der Waals surface area (Å²) in [5, 5.41) is 11.6. The van der Waals surface area contributed by atoms with Crippen LogP contribution in [0.2, 0.25) is 0 Å². The van der Waals surface area contributed by atoms with Gasteiger partial charge in [0.15, 0.2) is 5.82 Å². The number of carbonyl (C=O) groups excluding carboxylic acids is 1. The Labute approximate surface area is 175 Å². The smallest absolute Gasteiger partial charge is 0.241 e. The molecular weight excluding hydrogens is 380 g/mol. The van der Waals surface area contributed by atoms with Gasteiger partial charge in [-0.2, -0.15) is 10.2 Å². The van der Waals surface area contributed by atoms with Gasteiger partial charge in [-0.05, 0) is 30.7 Å². The van der Waals surface area contributed by atoms with Gasteiger partial charge in [-0.1, -0.05) is 30.3 Å². The predicted molar refractivity (Wildman–Crippen MR) is 111 cm³/mol. The fourth-order valence-electron chi connectivity index (χ4n) is 3.47. The fraction of sp³-hybridized carbons (Fsp3) is 0.476. The molecule has 1 amide bonds. The van der Waals surface area contributed by atoms with Crippen LogP contribution >= 0.6 is 0 Å². The van der Waals surface area contributed by atoms with E-state index in [-0.39, 0.29) is 18.5 Å². The first-order valence-electron chi connectivity index (χ1n) is 10.4. The van der Waals surface area contributed by atoms with Gasteiger partial charge in [-0.3, -0.25) is 9.48 Å². The number of benzene rings is 1. The van der Waals surface area contributed by atoms with Crippen LogP contribution in [0.15, 0.2) is 36.7 Å². The number of nitrogens with two attached hydrogens (primary N) is 1. The van der Waals surface area contributed by atoms with Crippen LogP contribution in [0, 0.1) is 5.92 Å². The van der Waals surface area contributed by atoms with Crippen LogP contribution in [0.25, 0.3) is 0 Å². The van der Waals surface area contributed by atoms with Crippen LogP contribution in [0.1, 0.15) is 41.9 Å². The second-order valence-electron chi connectivity index (χ2n) is 7.89. The van der Waals surface area contributed by atoms with Crippen LogP contribution < -0.4 is 11.1 Å². The average Bonchev–Trinajstić information content (AvgIpc) is 3.31. The molecule has 1 saturated carbocycles. The lowest BCUT2D eigenvalue weighted by Crippen LogP contribution is -2.32. The van der Waals surface area contributed by atoms with Crippen molar-refractivity contribution in [2.45, 2.75) is 44.7 Å². The lowest BCUT2D eigenvalue weighted by molar-refractivity contribution is -0.121. The number of hydrogen-bond donors (Lipinski definition) is 2. The Kier molecular flexibility index (Phi) is 6.18. The van der Waals surface area contributed by atoms with E-state index in [1.165, 1.54) is 19.2 Å². The number of nitrogens with zero attached hydrogens (tertiary/aromatic N) is 6. The van der Waals surface area contributed by atoms with Crippen molar-refractivity contribution in [2.24, 2.45) is 18.7 Å². The van der Waals surface area contributed by atoms with Gasteiger partial charge in [-0.25, -0.2) is 14.6 Å². The number of nitrogens with one attached hydrogen (secondary N) is 1. The maximum atomic E-state index is 12.5. The summed E-state index contributed by atoms with van der Waals surface area (Å²) in [7, 11) is 1.83. The molecule has 2 aromatic heterocycles. The summed E-state index contributed by atoms with van der Waals surface area (Å²) in [5.74, 6) is 2.82. The van der Waals surface area contributed by atoms with E-state index in [9.17, 15) is 4.79 Å². The first kappa shape index (κ1) is 20.2. The maximum Gasteiger partial charge on any atom is 0.241 e. The molecule has 0 spiro atoms. The zero-order valence-corrected chi connectivity index (χ0v) is 17.2. The highest BCUT2D eigenvalue weighted by molar-refractivity contribution is 5.75. The van der Waals surface area contributed by atoms with Gasteiger partial charge in [-0.15, -0.1) is 0 Å². The molecule has 30 heavy (non-hydrogen) atoms. The Morgan fingerprint density at radius 1 is 1.30 bits per heavy atom. The Morgan fingerprint density at radius 3 is 2.80 bits per heavy atom. The number of amides is 1. The highest BCUT2D eigenvalue weighted by atomic mass is 16.2. The van der Waals surface area contributed by atoms with Crippen LogP contribution in [0.5, 0.6) is 0 Å². The van der Waals surface area contributed by atoms with Crippen molar-refractivity contribution >= 4 is 5.91 Å². The van der Waals surface area contributed by atoms with E-state index < -0.39 is 0 Å². The van der Waals surface area contributed by atoms with Gasteiger partial charge in [0, 0.05) is 26.4 Å². The molecule has 0 radical (unpaired) electrons. The molecule has 1 unspecified atom stereocenters. The molecule has 3 N–H and O–H groups in total. The molecule has 1 aliphatic carbocycles. The third kappa shape index (κ3) is 5.29. The van der Waals surface area contributed by atoms with Crippen molar-refractivity contribution in [2.75, 3.05) is 6.54 Å². The largest absolute Gasteiger partial charge is 0.354 e. The molecule has 1 fully saturated rings. The third-order valence-corrected chi connectivity index (χ3v) is 5.31. The minimum Gasteiger partial charge on any atom is -0.354 e. The summed E-state index contributed by atoms with van der Waals surface area (Å²) < 4.78 is 3.37. The number of hydrogen-bond acceptors (Lipinski definition) is 6. The molecule has 3 aromatic rings. The van der Waals surface area contributed by atoms with E-state index in [1.807, 2.05) is 37.4 Å². The summed E-state index contributed by atoms with van der Waals surface area (Å²) >= 11 is 0. The molecular formula is C21H28N8O. The van der Waals surface area contributed by atoms with Crippen LogP contribution in [0.4, 0.5) is 0 Å². The number of aromatic nitrogens is 6. The molecule has 1 aromatic carbocycles. The highest BCUT2D eigenvalue weighted by Crippen LogP contribution is 2.32. The summed E-state index contributed by atoms with van der Waals surface area (Å²) in [6.45, 7) is 0.592. The highest BCUT2D eigenvalue weighted by Gasteiger charge is 2.26. The second kappa shape index (κ2) is 9.17. The molecule has 158 valence electrons. The van der Waals surface area contributed by atoms with Crippen molar-refractivity contribution < 1.29 is 4.79 Å². The van der Waals surface area contributed by atoms with Gasteiger partial charge in [0.25, 0.3) is 0 Å². The van der Waals surface area contributed by atoms with E-state index in [2.05, 4.69) is 20.5 Å². The number of carbonyl (C=O) groups is 1. The van der Waals surface area contributed by atoms with E-state index in [0.29, 0.717) is 31.1 Å². The Hall–Kier alpha value is -3.07. The van der Waals surface area contributed by atoms with Crippen molar-refractivity contribution in [3.05, 3.63) is 59.7 Å². The lowest BCUT2D eigenvalue weighted by Gasteiger charge is -2.13. The molecule has 0 saturated heterocycles. The molecule has 2 heterocycles. The topological polar surface area (TPSA) is 117 Å². The zero-order valence-electron chi connectivity index (χ0n) is 17.2. The number of aryl methyl sites for hydroxylation is 1. The average molecular weight is 409 g/mol. The van der Waals surface area contributed by atoms with Crippen molar-refractivity contribution in [1.82, 2.24) is 34.8 Å². The maximum absolute atomic E-state index is 12.5. The van der Waals surface area contributed by atoms with Gasteiger partial charge in [0.05, 0.1) is 6.04 Å². The fourth-order valence-corrected chi connectivity index (χ4v) is 3.47.